The number of nitrogens with one attached hydrogen (secondary N) is 1. The third-order valence-electron chi connectivity index (χ3n) is 2.94. The molecule has 0 atom stereocenters. The number of rotatable bonds is 3. The van der Waals surface area contributed by atoms with Gasteiger partial charge in [0.05, 0.1) is 0 Å². The number of carbonyl (C=O) groups excluding carboxylic acids is 2. The van der Waals surface area contributed by atoms with Crippen LogP contribution >= 0.6 is 0 Å². The van der Waals surface area contributed by atoms with Crippen LogP contribution in [0, 0.1) is 0 Å². The molecule has 18 heavy (non-hydrogen) atoms. The summed E-state index contributed by atoms with van der Waals surface area (Å²) in [5, 5.41) is 2.81. The van der Waals surface area contributed by atoms with E-state index < -0.39 is 0 Å². The molecular weight excluding hydrogens is 228 g/mol. The van der Waals surface area contributed by atoms with E-state index in [4.69, 9.17) is 0 Å². The van der Waals surface area contributed by atoms with Crippen LogP contribution in [0.1, 0.15) is 25.8 Å². The average molecular weight is 246 g/mol. The van der Waals surface area contributed by atoms with Crippen LogP contribution in [0.5, 0.6) is 0 Å². The Morgan fingerprint density at radius 3 is 2.78 bits per heavy atom. The van der Waals surface area contributed by atoms with E-state index in [1.165, 1.54) is 0 Å². The van der Waals surface area contributed by atoms with Gasteiger partial charge in [-0.2, -0.15) is 0 Å². The second-order valence-corrected chi connectivity index (χ2v) is 4.83. The van der Waals surface area contributed by atoms with Crippen LogP contribution in [0.2, 0.25) is 0 Å². The van der Waals surface area contributed by atoms with E-state index >= 15 is 0 Å². The number of amides is 2. The molecule has 0 aromatic heterocycles. The molecular formula is C14H18N2O2. The summed E-state index contributed by atoms with van der Waals surface area (Å²) < 4.78 is 0. The maximum Gasteiger partial charge on any atom is 0.240 e. The molecule has 1 heterocycles. The molecule has 1 aliphatic heterocycles. The molecule has 4 nitrogen and oxygen atoms in total. The number of hydrogen-bond acceptors (Lipinski definition) is 2. The molecule has 2 amide bonds. The summed E-state index contributed by atoms with van der Waals surface area (Å²) >= 11 is 0. The summed E-state index contributed by atoms with van der Waals surface area (Å²) in [4.78, 5) is 25.3. The normalized spacial score (nSPS) is 14.6. The smallest absolute Gasteiger partial charge is 0.240 e. The van der Waals surface area contributed by atoms with E-state index in [9.17, 15) is 9.59 Å². The lowest BCUT2D eigenvalue weighted by Crippen LogP contribution is -2.44. The predicted molar refractivity (Wildman–Crippen MR) is 70.4 cm³/mol. The van der Waals surface area contributed by atoms with E-state index in [0.717, 1.165) is 17.7 Å². The van der Waals surface area contributed by atoms with Gasteiger partial charge in [-0.05, 0) is 31.9 Å². The van der Waals surface area contributed by atoms with Crippen molar-refractivity contribution >= 4 is 17.5 Å². The van der Waals surface area contributed by atoms with Crippen molar-refractivity contribution in [2.45, 2.75) is 32.7 Å². The number of para-hydroxylation sites is 1. The van der Waals surface area contributed by atoms with Crippen molar-refractivity contribution in [3.63, 3.8) is 0 Å². The fourth-order valence-corrected chi connectivity index (χ4v) is 2.18. The minimum absolute atomic E-state index is 0.0209. The Hall–Kier alpha value is -1.84. The molecule has 0 saturated heterocycles. The van der Waals surface area contributed by atoms with Gasteiger partial charge < -0.3 is 10.2 Å². The van der Waals surface area contributed by atoms with E-state index in [0.29, 0.717) is 6.42 Å². The zero-order chi connectivity index (χ0) is 13.1. The molecule has 2 rings (SSSR count). The van der Waals surface area contributed by atoms with E-state index in [1.807, 2.05) is 38.1 Å². The van der Waals surface area contributed by atoms with Gasteiger partial charge in [0.1, 0.15) is 6.54 Å². The summed E-state index contributed by atoms with van der Waals surface area (Å²) in [7, 11) is 0. The zero-order valence-electron chi connectivity index (χ0n) is 10.8. The van der Waals surface area contributed by atoms with Crippen molar-refractivity contribution in [2.75, 3.05) is 11.4 Å². The van der Waals surface area contributed by atoms with Crippen LogP contribution in [0.3, 0.4) is 0 Å². The molecule has 4 heteroatoms. The van der Waals surface area contributed by atoms with Gasteiger partial charge in [0.2, 0.25) is 11.8 Å². The van der Waals surface area contributed by atoms with Crippen LogP contribution < -0.4 is 10.2 Å². The van der Waals surface area contributed by atoms with E-state index in [2.05, 4.69) is 5.32 Å². The van der Waals surface area contributed by atoms with E-state index in [1.54, 1.807) is 4.90 Å². The molecule has 0 aliphatic carbocycles. The standard InChI is InChI=1S/C14H18N2O2/c1-10(2)15-13(17)9-16-12-6-4-3-5-11(12)7-8-14(16)18/h3-6,10H,7-9H2,1-2H3,(H,15,17). The van der Waals surface area contributed by atoms with Crippen molar-refractivity contribution in [1.29, 1.82) is 0 Å². The molecule has 0 spiro atoms. The number of nitrogens with zero attached hydrogens (tertiary/aromatic N) is 1. The second-order valence-electron chi connectivity index (χ2n) is 4.83. The number of hydrogen-bond donors (Lipinski definition) is 1. The maximum absolute atomic E-state index is 11.9. The second kappa shape index (κ2) is 5.21. The Labute approximate surface area is 107 Å². The van der Waals surface area contributed by atoms with Crippen LogP contribution in [-0.4, -0.2) is 24.4 Å². The zero-order valence-corrected chi connectivity index (χ0v) is 10.8. The van der Waals surface area contributed by atoms with Gasteiger partial charge in [-0.15, -0.1) is 0 Å². The fourth-order valence-electron chi connectivity index (χ4n) is 2.18. The lowest BCUT2D eigenvalue weighted by molar-refractivity contribution is -0.124. The average Bonchev–Trinajstić information content (AvgIpc) is 2.32. The molecule has 96 valence electrons. The highest BCUT2D eigenvalue weighted by Gasteiger charge is 2.25. The summed E-state index contributed by atoms with van der Waals surface area (Å²) in [5.74, 6) is -0.0948. The first-order valence-corrected chi connectivity index (χ1v) is 6.25. The van der Waals surface area contributed by atoms with Crippen molar-refractivity contribution < 1.29 is 9.59 Å². The SMILES string of the molecule is CC(C)NC(=O)CN1C(=O)CCc2ccccc21. The highest BCUT2D eigenvalue weighted by molar-refractivity contribution is 6.01. The molecule has 1 aromatic rings. The largest absolute Gasteiger partial charge is 0.352 e. The fraction of sp³-hybridized carbons (Fsp3) is 0.429. The highest BCUT2D eigenvalue weighted by atomic mass is 16.2. The number of benzene rings is 1. The summed E-state index contributed by atoms with van der Waals surface area (Å²) in [5.41, 5.74) is 2.00. The summed E-state index contributed by atoms with van der Waals surface area (Å²) in [6.07, 6.45) is 1.24. The lowest BCUT2D eigenvalue weighted by atomic mass is 10.0. The Balaban J connectivity index is 2.17. The Morgan fingerprint density at radius 1 is 1.33 bits per heavy atom. The molecule has 1 aromatic carbocycles. The molecule has 1 N–H and O–H groups in total. The number of aryl methyl sites for hydroxylation is 1. The third kappa shape index (κ3) is 2.70. The number of fused-ring (bicyclic) bond motifs is 1. The lowest BCUT2D eigenvalue weighted by Gasteiger charge is -2.29. The van der Waals surface area contributed by atoms with Crippen molar-refractivity contribution in [1.82, 2.24) is 5.32 Å². The monoisotopic (exact) mass is 246 g/mol. The Kier molecular flexibility index (Phi) is 3.65. The van der Waals surface area contributed by atoms with Gasteiger partial charge >= 0.3 is 0 Å². The number of carbonyl (C=O) groups is 2. The van der Waals surface area contributed by atoms with Crippen LogP contribution in [0.15, 0.2) is 24.3 Å². The molecule has 0 unspecified atom stereocenters. The van der Waals surface area contributed by atoms with Crippen LogP contribution in [0.25, 0.3) is 0 Å². The van der Waals surface area contributed by atoms with E-state index in [-0.39, 0.29) is 24.4 Å². The first-order chi connectivity index (χ1) is 8.58. The summed E-state index contributed by atoms with van der Waals surface area (Å²) in [6, 6.07) is 7.85. The highest BCUT2D eigenvalue weighted by Crippen LogP contribution is 2.26. The molecule has 0 fully saturated rings. The van der Waals surface area contributed by atoms with Gasteiger partial charge in [0.25, 0.3) is 0 Å². The first kappa shape index (κ1) is 12.6. The minimum Gasteiger partial charge on any atom is -0.352 e. The topological polar surface area (TPSA) is 49.4 Å². The van der Waals surface area contributed by atoms with Crippen LogP contribution in [0.4, 0.5) is 5.69 Å². The Morgan fingerprint density at radius 2 is 2.06 bits per heavy atom. The number of anilines is 1. The van der Waals surface area contributed by atoms with Crippen LogP contribution in [-0.2, 0) is 16.0 Å². The van der Waals surface area contributed by atoms with Crippen molar-refractivity contribution in [3.8, 4) is 0 Å². The van der Waals surface area contributed by atoms with Crippen molar-refractivity contribution in [3.05, 3.63) is 29.8 Å². The van der Waals surface area contributed by atoms with Crippen molar-refractivity contribution in [2.24, 2.45) is 0 Å². The Bertz CT molecular complexity index is 469. The van der Waals surface area contributed by atoms with Gasteiger partial charge in [0.15, 0.2) is 0 Å². The summed E-state index contributed by atoms with van der Waals surface area (Å²) in [6.45, 7) is 3.92. The molecule has 0 bridgehead atoms. The van der Waals surface area contributed by atoms with Gasteiger partial charge in [-0.1, -0.05) is 18.2 Å². The molecule has 0 radical (unpaired) electrons. The minimum atomic E-state index is -0.116. The predicted octanol–water partition coefficient (Wildman–Crippen LogP) is 1.49. The first-order valence-electron chi connectivity index (χ1n) is 6.25. The maximum atomic E-state index is 11.9. The third-order valence-corrected chi connectivity index (χ3v) is 2.94. The van der Waals surface area contributed by atoms with Gasteiger partial charge in [-0.25, -0.2) is 0 Å². The van der Waals surface area contributed by atoms with Gasteiger partial charge in [0, 0.05) is 18.2 Å². The molecule has 0 saturated carbocycles. The van der Waals surface area contributed by atoms with Gasteiger partial charge in [-0.3, -0.25) is 9.59 Å². The molecule has 1 aliphatic rings. The quantitative estimate of drug-likeness (QED) is 0.878.